The Labute approximate surface area is 514 Å². The van der Waals surface area contributed by atoms with Gasteiger partial charge in [-0.3, -0.25) is 57.9 Å². The number of likely N-dealkylation sites (tertiary alicyclic amines) is 1. The van der Waals surface area contributed by atoms with E-state index in [0.717, 1.165) is 64.8 Å². The van der Waals surface area contributed by atoms with Crippen LogP contribution in [0, 0.1) is 5.41 Å². The van der Waals surface area contributed by atoms with Gasteiger partial charge in [-0.1, -0.05) is 51.1 Å². The van der Waals surface area contributed by atoms with Crippen LogP contribution in [-0.4, -0.2) is 164 Å². The molecule has 28 heteroatoms. The number of imide groups is 1. The number of benzene rings is 3. The fraction of sp³-hybridized carbons (Fsp3) is 0.525. The first-order chi connectivity index (χ1) is 41.9. The number of alkyl halides is 4. The van der Waals surface area contributed by atoms with E-state index in [0.29, 0.717) is 31.5 Å². The van der Waals surface area contributed by atoms with Gasteiger partial charge < -0.3 is 51.5 Å². The topological polar surface area (TPSA) is 310 Å². The number of fused-ring (bicyclic) bond motifs is 3. The second-order valence-electron chi connectivity index (χ2n) is 25.5. The molecule has 5 aliphatic heterocycles. The minimum atomic E-state index is -5.93. The highest BCUT2D eigenvalue weighted by atomic mass is 32.1. The summed E-state index contributed by atoms with van der Waals surface area (Å²) in [7, 11) is -5.93. The Hall–Kier alpha value is -7.32. The molecule has 9 amide bonds. The van der Waals surface area contributed by atoms with E-state index >= 15 is 0 Å². The third-order valence-electron chi connectivity index (χ3n) is 18.3. The fourth-order valence-corrected chi connectivity index (χ4v) is 14.8. The van der Waals surface area contributed by atoms with Gasteiger partial charge in [0.25, 0.3) is 18.2 Å². The largest absolute Gasteiger partial charge is 0.399 e. The number of nitrogens with two attached hydrogens (primary N) is 1. The number of hydrogen-bond donors (Lipinski definition) is 8. The number of nitrogens with one attached hydrogen (secondary N) is 5. The van der Waals surface area contributed by atoms with Crippen molar-refractivity contribution < 1.29 is 75.1 Å². The Kier molecular flexibility index (Phi) is 18.5. The molecule has 1 aliphatic carbocycles. The van der Waals surface area contributed by atoms with E-state index in [9.17, 15) is 75.1 Å². The maximum absolute atomic E-state index is 14.8. The SMILES string of the molecule is CC(C)(C)c1ccc(C[C@H](NC(=O)[C@H](CCC(N)=O)NC(=O)[C@@H]2CC[C@@H]3CCN(CC(F)F)C[C@H](NC(=O)c4cc5cc(C(F)(F)P(=O)(O)O)ccc5s4)C(=O)N32)C(=O)N2CCC3(CC2)CC(Nc2ccc4c(c2)CN(C2CCC(=O)NC2=O)C4=O)C3)cc1. The van der Waals surface area contributed by atoms with Crippen LogP contribution in [0.3, 0.4) is 0 Å². The minimum absolute atomic E-state index is 0.0303. The smallest absolute Gasteiger partial charge is 0.382 e. The molecule has 22 nitrogen and oxygen atoms in total. The third kappa shape index (κ3) is 14.2. The predicted octanol–water partition coefficient (Wildman–Crippen LogP) is 4.98. The highest BCUT2D eigenvalue weighted by Gasteiger charge is 2.52. The molecule has 6 heterocycles. The number of anilines is 1. The average molecular weight is 1280 g/mol. The van der Waals surface area contributed by atoms with Crippen LogP contribution < -0.4 is 32.3 Å². The van der Waals surface area contributed by atoms with Crippen molar-refractivity contribution in [3.8, 4) is 0 Å². The number of carbonyl (C=O) groups is 9. The first kappa shape index (κ1) is 64.7. The maximum Gasteiger partial charge on any atom is 0.399 e. The Morgan fingerprint density at radius 2 is 1.57 bits per heavy atom. The maximum atomic E-state index is 14.8. The number of rotatable bonds is 19. The van der Waals surface area contributed by atoms with E-state index in [1.807, 2.05) is 36.4 Å². The Morgan fingerprint density at radius 3 is 2.24 bits per heavy atom. The summed E-state index contributed by atoms with van der Waals surface area (Å²) in [5, 5.41) is 14.2. The number of halogens is 4. The van der Waals surface area contributed by atoms with Crippen molar-refractivity contribution >= 4 is 87.9 Å². The molecule has 10 rings (SSSR count). The highest BCUT2D eigenvalue weighted by Crippen LogP contribution is 2.59. The van der Waals surface area contributed by atoms with E-state index in [2.05, 4.69) is 47.4 Å². The first-order valence-electron chi connectivity index (χ1n) is 29.9. The molecule has 1 unspecified atom stereocenters. The zero-order chi connectivity index (χ0) is 64.1. The summed E-state index contributed by atoms with van der Waals surface area (Å²) in [4.78, 5) is 147. The number of carbonyl (C=O) groups excluding carboxylic acids is 9. The molecule has 0 radical (unpaired) electrons. The zero-order valence-corrected chi connectivity index (χ0v) is 51.1. The number of hydrogen-bond acceptors (Lipinski definition) is 13. The fourth-order valence-electron chi connectivity index (χ4n) is 13.4. The molecule has 4 aromatic rings. The van der Waals surface area contributed by atoms with Crippen molar-refractivity contribution in [1.29, 1.82) is 0 Å². The molecule has 1 spiro atoms. The standard InChI is InChI=1S/C61H73F4N10O12PS/c1-59(2,3)36-6-4-33(5-7-36)24-43(57(83)73-22-19-60(20-23-73)28-39(29-60)67-38-9-11-41-35(26-38)30-74(56(41)82)45-14-17-51(77)71-53(45)79)69-52(78)42(12-16-50(66)76)68-54(80)46-13-10-40-18-21-72(32-49(62)63)31-44(58(84)75(40)46)70-55(81)48-27-34-25-37(8-15-47(34)89-48)61(64,65)88(85,86)87/h4-9,11,15,25-27,39-40,42-46,49,67H,10,12-14,16-24,28-32H2,1-3H3,(H2,66,76)(H,68,80)(H,69,78)(H,70,81)(H,71,77,79)(H2,85,86,87)/t40-,42+,43+,44+,45?,46+/m1/s1. The van der Waals surface area contributed by atoms with Crippen molar-refractivity contribution in [3.05, 3.63) is 99.4 Å². The molecular weight excluding hydrogens is 1200 g/mol. The van der Waals surface area contributed by atoms with Crippen molar-refractivity contribution in [2.75, 3.05) is 38.0 Å². The van der Waals surface area contributed by atoms with Gasteiger partial charge in [0.15, 0.2) is 0 Å². The summed E-state index contributed by atoms with van der Waals surface area (Å²) < 4.78 is 69.1. The summed E-state index contributed by atoms with van der Waals surface area (Å²) >= 11 is 0.817. The normalized spacial score (nSPS) is 22.4. The van der Waals surface area contributed by atoms with Crippen LogP contribution in [0.15, 0.2) is 66.7 Å². The van der Waals surface area contributed by atoms with E-state index < -0.39 is 110 Å². The van der Waals surface area contributed by atoms with E-state index in [4.69, 9.17) is 5.73 Å². The average Bonchev–Trinajstić information content (AvgIpc) is 2.03. The van der Waals surface area contributed by atoms with Crippen LogP contribution in [0.25, 0.3) is 10.1 Å². The van der Waals surface area contributed by atoms with Gasteiger partial charge in [0.1, 0.15) is 30.2 Å². The molecule has 6 atom stereocenters. The zero-order valence-electron chi connectivity index (χ0n) is 49.4. The number of primary amides is 1. The number of piperidine rings is 2. The lowest BCUT2D eigenvalue weighted by atomic mass is 9.60. The molecule has 1 saturated carbocycles. The molecule has 3 aromatic carbocycles. The number of amides is 9. The van der Waals surface area contributed by atoms with Crippen LogP contribution >= 0.6 is 18.9 Å². The second kappa shape index (κ2) is 25.5. The quantitative estimate of drug-likeness (QED) is 0.0349. The van der Waals surface area contributed by atoms with Gasteiger partial charge in [-0.15, -0.1) is 11.3 Å². The van der Waals surface area contributed by atoms with Crippen molar-refractivity contribution in [3.63, 3.8) is 0 Å². The Balaban J connectivity index is 0.813. The first-order valence-corrected chi connectivity index (χ1v) is 32.3. The number of nitrogens with zero attached hydrogens (tertiary/aromatic N) is 4. The van der Waals surface area contributed by atoms with Gasteiger partial charge in [-0.25, -0.2) is 8.78 Å². The second-order valence-corrected chi connectivity index (χ2v) is 28.3. The van der Waals surface area contributed by atoms with Crippen LogP contribution in [0.1, 0.15) is 134 Å². The lowest BCUT2D eigenvalue weighted by molar-refractivity contribution is -0.144. The van der Waals surface area contributed by atoms with Gasteiger partial charge in [0, 0.05) is 85.6 Å². The van der Waals surface area contributed by atoms with Gasteiger partial charge in [-0.2, -0.15) is 8.78 Å². The minimum Gasteiger partial charge on any atom is -0.382 e. The third-order valence-corrected chi connectivity index (χ3v) is 20.4. The summed E-state index contributed by atoms with van der Waals surface area (Å²) in [6, 6.07) is 10.5. The van der Waals surface area contributed by atoms with Crippen molar-refractivity contribution in [1.82, 2.24) is 40.9 Å². The molecule has 4 saturated heterocycles. The molecule has 6 aliphatic rings. The molecular formula is C61H73F4N10O12PS. The van der Waals surface area contributed by atoms with Crippen LogP contribution in [0.2, 0.25) is 0 Å². The summed E-state index contributed by atoms with van der Waals surface area (Å²) in [6.07, 6.45) is 0.461. The van der Waals surface area contributed by atoms with Gasteiger partial charge >= 0.3 is 13.3 Å². The molecule has 0 bridgehead atoms. The lowest BCUT2D eigenvalue weighted by Gasteiger charge is -2.53. The highest BCUT2D eigenvalue weighted by molar-refractivity contribution is 7.52. The van der Waals surface area contributed by atoms with Crippen molar-refractivity contribution in [2.24, 2.45) is 11.1 Å². The molecule has 478 valence electrons. The Morgan fingerprint density at radius 1 is 0.865 bits per heavy atom. The predicted molar refractivity (Wildman–Crippen MR) is 318 cm³/mol. The van der Waals surface area contributed by atoms with Crippen LogP contribution in [0.4, 0.5) is 23.2 Å². The van der Waals surface area contributed by atoms with E-state index in [1.165, 1.54) is 20.8 Å². The Bertz CT molecular complexity index is 3510. The molecule has 1 aromatic heterocycles. The molecule has 9 N–H and O–H groups in total. The lowest BCUT2D eigenvalue weighted by Crippen LogP contribution is -2.62. The van der Waals surface area contributed by atoms with E-state index in [1.54, 1.807) is 11.0 Å². The molecule has 89 heavy (non-hydrogen) atoms. The van der Waals surface area contributed by atoms with Gasteiger partial charge in [0.05, 0.1) is 11.4 Å². The summed E-state index contributed by atoms with van der Waals surface area (Å²) in [5.41, 5.74) is 3.71. The van der Waals surface area contributed by atoms with Gasteiger partial charge in [-0.05, 0) is 127 Å². The molecule has 5 fully saturated rings. The van der Waals surface area contributed by atoms with E-state index in [-0.39, 0.29) is 114 Å². The van der Waals surface area contributed by atoms with Gasteiger partial charge in [0.2, 0.25) is 41.4 Å². The van der Waals surface area contributed by atoms with Crippen molar-refractivity contribution in [2.45, 2.75) is 164 Å². The number of thiophene rings is 1. The van der Waals surface area contributed by atoms with Crippen LogP contribution in [-0.2, 0) is 62.2 Å². The van der Waals surface area contributed by atoms with Crippen LogP contribution in [0.5, 0.6) is 0 Å². The summed E-state index contributed by atoms with van der Waals surface area (Å²) in [5.74, 6) is -5.54. The monoisotopic (exact) mass is 1280 g/mol. The summed E-state index contributed by atoms with van der Waals surface area (Å²) in [6.45, 7) is 6.09.